The van der Waals surface area contributed by atoms with Gasteiger partial charge < -0.3 is 15.6 Å². The third-order valence-corrected chi connectivity index (χ3v) is 2.75. The van der Waals surface area contributed by atoms with Gasteiger partial charge in [-0.25, -0.2) is 0 Å². The number of rotatable bonds is 4. The molecule has 0 amide bonds. The summed E-state index contributed by atoms with van der Waals surface area (Å²) in [6, 6.07) is 4.09. The molecule has 0 aliphatic carbocycles. The Bertz CT molecular complexity index is 307. The van der Waals surface area contributed by atoms with Gasteiger partial charge in [0.2, 0.25) is 0 Å². The van der Waals surface area contributed by atoms with E-state index in [1.807, 2.05) is 12.1 Å². The highest BCUT2D eigenvalue weighted by atomic mass is 35.5. The van der Waals surface area contributed by atoms with Gasteiger partial charge in [0.25, 0.3) is 0 Å². The van der Waals surface area contributed by atoms with Crippen LogP contribution in [0.1, 0.15) is 23.3 Å². The number of hydrogen-bond acceptors (Lipinski definition) is 3. The fourth-order valence-electron chi connectivity index (χ4n) is 1.86. The molecule has 1 saturated heterocycles. The minimum Gasteiger partial charge on any atom is -0.359 e. The molecule has 1 aromatic heterocycles. The Morgan fingerprint density at radius 3 is 3.06 bits per heavy atom. The molecule has 1 atom stereocenters. The normalized spacial score (nSPS) is 20.1. The third kappa shape index (κ3) is 3.63. The van der Waals surface area contributed by atoms with Gasteiger partial charge in [-0.05, 0) is 31.5 Å². The highest BCUT2D eigenvalue weighted by Gasteiger charge is 2.14. The Kier molecular flexibility index (Phi) is 5.52. The number of aromatic amines is 1. The predicted octanol–water partition coefficient (Wildman–Crippen LogP) is 0.961. The highest BCUT2D eigenvalue weighted by molar-refractivity contribution is 5.95. The summed E-state index contributed by atoms with van der Waals surface area (Å²) in [4.78, 5) is 14.6. The molecule has 5 heteroatoms. The molecule has 16 heavy (non-hydrogen) atoms. The number of nitrogens with one attached hydrogen (secondary N) is 3. The topological polar surface area (TPSA) is 56.9 Å². The van der Waals surface area contributed by atoms with Crippen LogP contribution in [0.2, 0.25) is 0 Å². The van der Waals surface area contributed by atoms with Crippen molar-refractivity contribution in [3.8, 4) is 0 Å². The van der Waals surface area contributed by atoms with Crippen LogP contribution in [0.4, 0.5) is 0 Å². The van der Waals surface area contributed by atoms with E-state index in [0.29, 0.717) is 18.3 Å². The number of hydrogen-bond donors (Lipinski definition) is 3. The molecule has 90 valence electrons. The summed E-state index contributed by atoms with van der Waals surface area (Å²) in [7, 11) is 0. The second-order valence-corrected chi connectivity index (χ2v) is 3.93. The number of ketones is 1. The Balaban J connectivity index is 0.00000128. The minimum atomic E-state index is 0. The number of H-pyrrole nitrogens is 1. The average Bonchev–Trinajstić information content (AvgIpc) is 2.81. The van der Waals surface area contributed by atoms with Crippen LogP contribution >= 0.6 is 12.4 Å². The Hall–Kier alpha value is -0.840. The van der Waals surface area contributed by atoms with Crippen LogP contribution in [0.15, 0.2) is 18.3 Å². The van der Waals surface area contributed by atoms with E-state index >= 15 is 0 Å². The molecule has 0 bridgehead atoms. The van der Waals surface area contributed by atoms with E-state index in [-0.39, 0.29) is 18.2 Å². The van der Waals surface area contributed by atoms with Crippen molar-refractivity contribution in [2.45, 2.75) is 18.9 Å². The van der Waals surface area contributed by atoms with E-state index in [1.54, 1.807) is 6.20 Å². The van der Waals surface area contributed by atoms with E-state index in [2.05, 4.69) is 15.6 Å². The molecule has 0 saturated carbocycles. The highest BCUT2D eigenvalue weighted by Crippen LogP contribution is 2.01. The fourth-order valence-corrected chi connectivity index (χ4v) is 1.86. The van der Waals surface area contributed by atoms with E-state index in [0.717, 1.165) is 19.5 Å². The summed E-state index contributed by atoms with van der Waals surface area (Å²) < 4.78 is 0. The molecule has 4 nitrogen and oxygen atoms in total. The van der Waals surface area contributed by atoms with E-state index in [4.69, 9.17) is 0 Å². The second kappa shape index (κ2) is 6.68. The smallest absolute Gasteiger partial charge is 0.192 e. The molecule has 1 fully saturated rings. The van der Waals surface area contributed by atoms with Gasteiger partial charge >= 0.3 is 0 Å². The maximum absolute atomic E-state index is 11.6. The molecular weight excluding hydrogens is 226 g/mol. The number of aromatic nitrogens is 1. The minimum absolute atomic E-state index is 0. The molecule has 0 radical (unpaired) electrons. The zero-order valence-corrected chi connectivity index (χ0v) is 9.98. The predicted molar refractivity (Wildman–Crippen MR) is 66.3 cm³/mol. The fraction of sp³-hybridized carbons (Fsp3) is 0.545. The van der Waals surface area contributed by atoms with Crippen molar-refractivity contribution >= 4 is 18.2 Å². The van der Waals surface area contributed by atoms with Gasteiger partial charge in [0.05, 0.1) is 12.2 Å². The number of Topliss-reactive ketones (excluding diaryl/α,β-unsaturated/α-hetero) is 1. The van der Waals surface area contributed by atoms with Crippen LogP contribution in [-0.4, -0.2) is 36.4 Å². The summed E-state index contributed by atoms with van der Waals surface area (Å²) in [5, 5.41) is 6.59. The monoisotopic (exact) mass is 243 g/mol. The van der Waals surface area contributed by atoms with Crippen LogP contribution in [0, 0.1) is 0 Å². The van der Waals surface area contributed by atoms with Gasteiger partial charge in [-0.3, -0.25) is 4.79 Å². The zero-order valence-electron chi connectivity index (χ0n) is 9.16. The summed E-state index contributed by atoms with van der Waals surface area (Å²) in [6.07, 6.45) is 4.12. The summed E-state index contributed by atoms with van der Waals surface area (Å²) >= 11 is 0. The molecule has 0 unspecified atom stereocenters. The standard InChI is InChI=1S/C11H17N3O.ClH/c15-11(10-4-2-6-13-10)8-14-9-3-1-5-12-7-9;/h2,4,6,9,12-14H,1,3,5,7-8H2;1H/t9-;/m1./s1. The lowest BCUT2D eigenvalue weighted by atomic mass is 10.1. The average molecular weight is 244 g/mol. The van der Waals surface area contributed by atoms with Crippen molar-refractivity contribution in [1.82, 2.24) is 15.6 Å². The Morgan fingerprint density at radius 1 is 1.56 bits per heavy atom. The SMILES string of the molecule is Cl.O=C(CN[C@@H]1CCCNC1)c1ccc[nH]1. The van der Waals surface area contributed by atoms with Crippen LogP contribution in [0.3, 0.4) is 0 Å². The molecule has 2 heterocycles. The van der Waals surface area contributed by atoms with Gasteiger partial charge in [0.1, 0.15) is 0 Å². The van der Waals surface area contributed by atoms with Gasteiger partial charge in [-0.15, -0.1) is 12.4 Å². The largest absolute Gasteiger partial charge is 0.359 e. The van der Waals surface area contributed by atoms with Crippen molar-refractivity contribution in [3.63, 3.8) is 0 Å². The number of piperidine rings is 1. The first-order valence-corrected chi connectivity index (χ1v) is 5.47. The van der Waals surface area contributed by atoms with Gasteiger partial charge in [0, 0.05) is 18.8 Å². The first-order chi connectivity index (χ1) is 7.36. The molecule has 3 N–H and O–H groups in total. The molecule has 0 spiro atoms. The summed E-state index contributed by atoms with van der Waals surface area (Å²) in [6.45, 7) is 2.49. The maximum atomic E-state index is 11.6. The first kappa shape index (κ1) is 13.2. The lowest BCUT2D eigenvalue weighted by Crippen LogP contribution is -2.44. The third-order valence-electron chi connectivity index (χ3n) is 2.75. The van der Waals surface area contributed by atoms with Crippen LogP contribution in [-0.2, 0) is 0 Å². The number of carbonyl (C=O) groups is 1. The number of halogens is 1. The lowest BCUT2D eigenvalue weighted by molar-refractivity contribution is 0.0981. The van der Waals surface area contributed by atoms with Crippen molar-refractivity contribution in [2.24, 2.45) is 0 Å². The molecule has 0 aromatic carbocycles. The van der Waals surface area contributed by atoms with Crippen LogP contribution in [0.5, 0.6) is 0 Å². The van der Waals surface area contributed by atoms with Gasteiger partial charge in [-0.1, -0.05) is 0 Å². The van der Waals surface area contributed by atoms with Gasteiger partial charge in [0.15, 0.2) is 5.78 Å². The Morgan fingerprint density at radius 2 is 2.44 bits per heavy atom. The van der Waals surface area contributed by atoms with Crippen molar-refractivity contribution in [1.29, 1.82) is 0 Å². The molecule has 2 rings (SSSR count). The van der Waals surface area contributed by atoms with Crippen LogP contribution in [0.25, 0.3) is 0 Å². The van der Waals surface area contributed by atoms with E-state index in [1.165, 1.54) is 6.42 Å². The van der Waals surface area contributed by atoms with Crippen molar-refractivity contribution in [3.05, 3.63) is 24.0 Å². The molecule has 1 aliphatic heterocycles. The van der Waals surface area contributed by atoms with E-state index in [9.17, 15) is 4.79 Å². The van der Waals surface area contributed by atoms with Gasteiger partial charge in [-0.2, -0.15) is 0 Å². The maximum Gasteiger partial charge on any atom is 0.192 e. The molecule has 1 aromatic rings. The lowest BCUT2D eigenvalue weighted by Gasteiger charge is -2.23. The first-order valence-electron chi connectivity index (χ1n) is 5.47. The summed E-state index contributed by atoms with van der Waals surface area (Å²) in [5.41, 5.74) is 0.686. The second-order valence-electron chi connectivity index (χ2n) is 3.93. The zero-order chi connectivity index (χ0) is 10.5. The van der Waals surface area contributed by atoms with Crippen LogP contribution < -0.4 is 10.6 Å². The Labute approximate surface area is 102 Å². The summed E-state index contributed by atoms with van der Waals surface area (Å²) in [5.74, 6) is 0.130. The molecule has 1 aliphatic rings. The number of carbonyl (C=O) groups excluding carboxylic acids is 1. The van der Waals surface area contributed by atoms with E-state index < -0.39 is 0 Å². The molecular formula is C11H18ClN3O. The van der Waals surface area contributed by atoms with Crippen molar-refractivity contribution in [2.75, 3.05) is 19.6 Å². The quantitative estimate of drug-likeness (QED) is 0.691. The van der Waals surface area contributed by atoms with Crippen molar-refractivity contribution < 1.29 is 4.79 Å².